The number of aliphatic hydroxyl groups excluding tert-OH is 1. The predicted octanol–water partition coefficient (Wildman–Crippen LogP) is 0.957. The average molecular weight is 353 g/mol. The summed E-state index contributed by atoms with van der Waals surface area (Å²) in [6.07, 6.45) is 7.44. The van der Waals surface area contributed by atoms with Gasteiger partial charge in [-0.25, -0.2) is 9.97 Å². The Bertz CT molecular complexity index is 971. The summed E-state index contributed by atoms with van der Waals surface area (Å²) in [5, 5.41) is 14.5. The monoisotopic (exact) mass is 353 g/mol. The van der Waals surface area contributed by atoms with Crippen LogP contribution in [0.3, 0.4) is 0 Å². The van der Waals surface area contributed by atoms with E-state index in [9.17, 15) is 5.11 Å². The van der Waals surface area contributed by atoms with Gasteiger partial charge in [0.05, 0.1) is 30.1 Å². The second kappa shape index (κ2) is 5.52. The lowest BCUT2D eigenvalue weighted by Gasteiger charge is -2.44. The van der Waals surface area contributed by atoms with E-state index in [4.69, 9.17) is 4.98 Å². The molecule has 8 nitrogen and oxygen atoms in total. The number of hydrogen-bond acceptors (Lipinski definition) is 6. The minimum atomic E-state index is -0.310. The van der Waals surface area contributed by atoms with E-state index in [0.717, 1.165) is 41.5 Å². The quantitative estimate of drug-likeness (QED) is 0.756. The Balaban J connectivity index is 1.58. The van der Waals surface area contributed by atoms with Gasteiger partial charge in [-0.05, 0) is 20.9 Å². The Morgan fingerprint density at radius 1 is 1.23 bits per heavy atom. The summed E-state index contributed by atoms with van der Waals surface area (Å²) in [4.78, 5) is 13.8. The van der Waals surface area contributed by atoms with Crippen LogP contribution in [0, 0.1) is 6.92 Å². The van der Waals surface area contributed by atoms with Crippen LogP contribution >= 0.6 is 0 Å². The summed E-state index contributed by atoms with van der Waals surface area (Å²) in [6, 6.07) is 0.489. The van der Waals surface area contributed by atoms with Crippen LogP contribution in [0.4, 0.5) is 5.82 Å². The van der Waals surface area contributed by atoms with Crippen molar-refractivity contribution >= 4 is 11.5 Å². The van der Waals surface area contributed by atoms with Gasteiger partial charge in [-0.2, -0.15) is 5.10 Å². The number of rotatable bonds is 3. The van der Waals surface area contributed by atoms with Crippen LogP contribution in [-0.2, 0) is 0 Å². The molecule has 0 radical (unpaired) electrons. The molecule has 26 heavy (non-hydrogen) atoms. The molecule has 3 aromatic rings. The lowest BCUT2D eigenvalue weighted by Crippen LogP contribution is -2.59. The second-order valence-electron chi connectivity index (χ2n) is 7.53. The molecule has 0 unspecified atom stereocenters. The number of nitrogens with zero attached hydrogens (tertiary/aromatic N) is 7. The smallest absolute Gasteiger partial charge is 0.180 e. The fourth-order valence-electron chi connectivity index (χ4n) is 3.92. The Morgan fingerprint density at radius 3 is 2.73 bits per heavy atom. The lowest BCUT2D eigenvalue weighted by atomic mass is 10.0. The van der Waals surface area contributed by atoms with Crippen molar-refractivity contribution in [1.29, 1.82) is 0 Å². The topological polar surface area (TPSA) is 74.7 Å². The van der Waals surface area contributed by atoms with Crippen molar-refractivity contribution < 1.29 is 5.11 Å². The Morgan fingerprint density at radius 2 is 2.04 bits per heavy atom. The number of hydrogen-bond donors (Lipinski definition) is 1. The largest absolute Gasteiger partial charge is 0.389 e. The number of likely N-dealkylation sites (N-methyl/N-ethyl adjacent to an activating group) is 1. The maximum atomic E-state index is 9.92. The standard InChI is InChI=1S/C18H23N7O/c1-11-15(26)10-24(11)18-17-19-4-5-23(17)12(2)16(21-18)13-6-20-25(7-13)14-8-22(3)9-14/h4-7,11,14-15,26H,8-10H2,1-3H3/t11-,15+/m0/s1. The highest BCUT2D eigenvalue weighted by atomic mass is 16.3. The first-order valence-corrected chi connectivity index (χ1v) is 9.04. The number of aliphatic hydroxyl groups is 1. The Hall–Kier alpha value is -2.45. The summed E-state index contributed by atoms with van der Waals surface area (Å²) in [5.74, 6) is 0.824. The van der Waals surface area contributed by atoms with Crippen LogP contribution in [-0.4, -0.2) is 73.0 Å². The number of aryl methyl sites for hydroxylation is 1. The molecule has 2 atom stereocenters. The number of aromatic nitrogens is 5. The van der Waals surface area contributed by atoms with E-state index >= 15 is 0 Å². The molecule has 0 bridgehead atoms. The van der Waals surface area contributed by atoms with E-state index in [0.29, 0.717) is 12.6 Å². The number of β-amino-alcohol motifs (C(OH)–C–C–N with tert-alkyl or cyclic N) is 1. The molecular weight excluding hydrogens is 330 g/mol. The number of fused-ring (bicyclic) bond motifs is 1. The summed E-state index contributed by atoms with van der Waals surface area (Å²) >= 11 is 0. The molecule has 2 aliphatic heterocycles. The van der Waals surface area contributed by atoms with Gasteiger partial charge in [-0.15, -0.1) is 0 Å². The molecule has 0 amide bonds. The number of imidazole rings is 1. The van der Waals surface area contributed by atoms with Gasteiger partial charge in [0.25, 0.3) is 0 Å². The molecule has 8 heteroatoms. The zero-order valence-electron chi connectivity index (χ0n) is 15.2. The Kier molecular flexibility index (Phi) is 3.35. The molecule has 0 aromatic carbocycles. The molecule has 5 rings (SSSR count). The van der Waals surface area contributed by atoms with Crippen molar-refractivity contribution in [1.82, 2.24) is 29.0 Å². The van der Waals surface area contributed by atoms with Gasteiger partial charge < -0.3 is 14.9 Å². The van der Waals surface area contributed by atoms with Crippen molar-refractivity contribution in [3.8, 4) is 11.3 Å². The van der Waals surface area contributed by atoms with E-state index in [2.05, 4.69) is 44.5 Å². The lowest BCUT2D eigenvalue weighted by molar-refractivity contribution is 0.0989. The number of anilines is 1. The van der Waals surface area contributed by atoms with Crippen LogP contribution in [0.5, 0.6) is 0 Å². The average Bonchev–Trinajstić information content (AvgIpc) is 3.27. The molecule has 0 spiro atoms. The second-order valence-corrected chi connectivity index (χ2v) is 7.53. The van der Waals surface area contributed by atoms with E-state index in [1.165, 1.54) is 0 Å². The van der Waals surface area contributed by atoms with Gasteiger partial charge in [0.2, 0.25) is 0 Å². The third-order valence-electron chi connectivity index (χ3n) is 5.76. The van der Waals surface area contributed by atoms with E-state index in [-0.39, 0.29) is 12.1 Å². The van der Waals surface area contributed by atoms with E-state index in [1.807, 2.05) is 24.0 Å². The van der Waals surface area contributed by atoms with E-state index in [1.54, 1.807) is 6.20 Å². The fourth-order valence-corrected chi connectivity index (χ4v) is 3.92. The molecule has 136 valence electrons. The van der Waals surface area contributed by atoms with Crippen LogP contribution in [0.25, 0.3) is 16.9 Å². The van der Waals surface area contributed by atoms with Crippen LogP contribution in [0.15, 0.2) is 24.8 Å². The van der Waals surface area contributed by atoms with Gasteiger partial charge in [-0.3, -0.25) is 9.08 Å². The highest BCUT2D eigenvalue weighted by Gasteiger charge is 2.36. The molecule has 0 saturated carbocycles. The first kappa shape index (κ1) is 15.8. The fraction of sp³-hybridized carbons (Fsp3) is 0.500. The third-order valence-corrected chi connectivity index (χ3v) is 5.76. The van der Waals surface area contributed by atoms with Crippen molar-refractivity contribution in [3.05, 3.63) is 30.5 Å². The van der Waals surface area contributed by atoms with Crippen LogP contribution < -0.4 is 4.90 Å². The maximum absolute atomic E-state index is 9.92. The SMILES string of the molecule is Cc1c(-c2cnn(C3CN(C)C3)c2)nc(N2C[C@@H](O)[C@@H]2C)c2nccn12. The zero-order chi connectivity index (χ0) is 18.0. The summed E-state index contributed by atoms with van der Waals surface area (Å²) in [6.45, 7) is 6.72. The first-order valence-electron chi connectivity index (χ1n) is 9.04. The molecular formula is C18H23N7O. The summed E-state index contributed by atoms with van der Waals surface area (Å²) in [5.41, 5.74) is 3.80. The van der Waals surface area contributed by atoms with Crippen molar-refractivity contribution in [2.24, 2.45) is 0 Å². The Labute approximate surface area is 151 Å². The zero-order valence-corrected chi connectivity index (χ0v) is 15.2. The number of likely N-dealkylation sites (tertiary alicyclic amines) is 1. The maximum Gasteiger partial charge on any atom is 0.180 e. The minimum absolute atomic E-state index is 0.0480. The molecule has 2 fully saturated rings. The molecule has 1 N–H and O–H groups in total. The van der Waals surface area contributed by atoms with Gasteiger partial charge in [-0.1, -0.05) is 0 Å². The normalized spacial score (nSPS) is 24.1. The highest BCUT2D eigenvalue weighted by Crippen LogP contribution is 2.33. The molecule has 5 heterocycles. The third kappa shape index (κ3) is 2.18. The van der Waals surface area contributed by atoms with Gasteiger partial charge in [0.15, 0.2) is 11.5 Å². The van der Waals surface area contributed by atoms with Crippen molar-refractivity contribution in [3.63, 3.8) is 0 Å². The molecule has 0 aliphatic carbocycles. The van der Waals surface area contributed by atoms with Crippen LogP contribution in [0.2, 0.25) is 0 Å². The highest BCUT2D eigenvalue weighted by molar-refractivity contribution is 5.73. The first-order chi connectivity index (χ1) is 12.5. The summed E-state index contributed by atoms with van der Waals surface area (Å²) in [7, 11) is 2.12. The van der Waals surface area contributed by atoms with Crippen molar-refractivity contribution in [2.75, 3.05) is 31.6 Å². The van der Waals surface area contributed by atoms with Gasteiger partial charge >= 0.3 is 0 Å². The molecule has 3 aromatic heterocycles. The predicted molar refractivity (Wildman–Crippen MR) is 98.3 cm³/mol. The van der Waals surface area contributed by atoms with Crippen molar-refractivity contribution in [2.45, 2.75) is 32.0 Å². The van der Waals surface area contributed by atoms with Gasteiger partial charge in [0.1, 0.15) is 0 Å². The summed E-state index contributed by atoms with van der Waals surface area (Å²) < 4.78 is 4.12. The van der Waals surface area contributed by atoms with Gasteiger partial charge in [0, 0.05) is 49.5 Å². The van der Waals surface area contributed by atoms with Crippen LogP contribution in [0.1, 0.15) is 18.7 Å². The molecule has 2 saturated heterocycles. The van der Waals surface area contributed by atoms with E-state index < -0.39 is 0 Å². The minimum Gasteiger partial charge on any atom is -0.389 e. The molecule has 2 aliphatic rings.